The van der Waals surface area contributed by atoms with Crippen LogP contribution in [0.2, 0.25) is 0 Å². The number of urea groups is 1. The van der Waals surface area contributed by atoms with E-state index in [1.807, 2.05) is 7.05 Å². The number of carbonyl (C=O) groups excluding carboxylic acids is 1. The van der Waals surface area contributed by atoms with E-state index in [-0.39, 0.29) is 13.0 Å². The van der Waals surface area contributed by atoms with Crippen molar-refractivity contribution in [2.45, 2.75) is 44.9 Å². The Balaban J connectivity index is 2.33. The van der Waals surface area contributed by atoms with Crippen molar-refractivity contribution >= 4 is 12.0 Å². The summed E-state index contributed by atoms with van der Waals surface area (Å²) in [5, 5.41) is 21.2. The van der Waals surface area contributed by atoms with Gasteiger partial charge in [-0.05, 0) is 33.9 Å². The smallest absolute Gasteiger partial charge is 0.326 e. The second-order valence-corrected chi connectivity index (χ2v) is 5.56. The molecule has 1 rings (SSSR count). The highest BCUT2D eigenvalue weighted by molar-refractivity contribution is 5.83. The van der Waals surface area contributed by atoms with Gasteiger partial charge in [-0.3, -0.25) is 0 Å². The molecule has 0 saturated carbocycles. The summed E-state index contributed by atoms with van der Waals surface area (Å²) in [6, 6.07) is -0.889. The zero-order chi connectivity index (χ0) is 15.3. The number of carbonyl (C=O) groups is 2. The predicted molar refractivity (Wildman–Crippen MR) is 74.5 cm³/mol. The number of amides is 2. The molecule has 116 valence electrons. The number of hydrogen-bond donors (Lipinski definition) is 3. The van der Waals surface area contributed by atoms with Gasteiger partial charge in [0.1, 0.15) is 6.04 Å². The van der Waals surface area contributed by atoms with E-state index in [4.69, 9.17) is 5.11 Å². The molecule has 0 bridgehead atoms. The van der Waals surface area contributed by atoms with Crippen LogP contribution in [0.5, 0.6) is 0 Å². The van der Waals surface area contributed by atoms with Crippen molar-refractivity contribution in [1.29, 1.82) is 0 Å². The lowest BCUT2D eigenvalue weighted by atomic mass is 10.2. The molecule has 0 aromatic carbocycles. The Morgan fingerprint density at radius 3 is 2.65 bits per heavy atom. The van der Waals surface area contributed by atoms with Gasteiger partial charge in [-0.15, -0.1) is 0 Å². The number of likely N-dealkylation sites (tertiary alicyclic amines) is 1. The van der Waals surface area contributed by atoms with E-state index in [2.05, 4.69) is 24.1 Å². The summed E-state index contributed by atoms with van der Waals surface area (Å²) in [6.07, 6.45) is 0.141. The van der Waals surface area contributed by atoms with Gasteiger partial charge >= 0.3 is 12.0 Å². The van der Waals surface area contributed by atoms with Gasteiger partial charge in [0.05, 0.1) is 6.10 Å². The van der Waals surface area contributed by atoms with Crippen molar-refractivity contribution < 1.29 is 19.8 Å². The Kier molecular flexibility index (Phi) is 6.22. The van der Waals surface area contributed by atoms with Crippen LogP contribution in [0.3, 0.4) is 0 Å². The fourth-order valence-corrected chi connectivity index (χ4v) is 2.16. The van der Waals surface area contributed by atoms with Crippen LogP contribution in [-0.4, -0.2) is 76.9 Å². The topological polar surface area (TPSA) is 93.1 Å². The molecule has 0 aliphatic carbocycles. The van der Waals surface area contributed by atoms with Crippen molar-refractivity contribution in [1.82, 2.24) is 15.1 Å². The normalized spacial score (nSPS) is 22.6. The Morgan fingerprint density at radius 1 is 1.45 bits per heavy atom. The maximum absolute atomic E-state index is 11.9. The van der Waals surface area contributed by atoms with Crippen LogP contribution in [0.15, 0.2) is 0 Å². The Hall–Kier alpha value is -1.34. The molecule has 2 amide bonds. The number of nitrogens with zero attached hydrogens (tertiary/aromatic N) is 2. The quantitative estimate of drug-likeness (QED) is 0.595. The standard InChI is InChI=1S/C13H25N3O4/c1-9(2)15(3)6-4-5-14-13(20)16-8-10(17)7-11(16)12(18)19/h9-11,17H,4-8H2,1-3H3,(H,14,20)(H,18,19)/t10-,11+/m1/s1. The van der Waals surface area contributed by atoms with Gasteiger partial charge in [-0.1, -0.05) is 0 Å². The number of rotatable bonds is 6. The van der Waals surface area contributed by atoms with Gasteiger partial charge in [0.25, 0.3) is 0 Å². The lowest BCUT2D eigenvalue weighted by molar-refractivity contribution is -0.141. The number of carboxylic acid groups (broad SMARTS) is 1. The van der Waals surface area contributed by atoms with E-state index in [0.29, 0.717) is 12.6 Å². The molecule has 1 aliphatic rings. The molecule has 7 heteroatoms. The van der Waals surface area contributed by atoms with Gasteiger partial charge in [-0.25, -0.2) is 9.59 Å². The molecule has 7 nitrogen and oxygen atoms in total. The first kappa shape index (κ1) is 16.7. The van der Waals surface area contributed by atoms with E-state index in [1.165, 1.54) is 4.90 Å². The Morgan fingerprint density at radius 2 is 2.10 bits per heavy atom. The monoisotopic (exact) mass is 287 g/mol. The summed E-state index contributed by atoms with van der Waals surface area (Å²) in [5.41, 5.74) is 0. The summed E-state index contributed by atoms with van der Waals surface area (Å²) in [4.78, 5) is 26.3. The third-order valence-corrected chi connectivity index (χ3v) is 3.67. The minimum atomic E-state index is -1.07. The van der Waals surface area contributed by atoms with Crippen LogP contribution in [0.25, 0.3) is 0 Å². The summed E-state index contributed by atoms with van der Waals surface area (Å²) >= 11 is 0. The maximum Gasteiger partial charge on any atom is 0.326 e. The van der Waals surface area contributed by atoms with Gasteiger partial charge in [-0.2, -0.15) is 0 Å². The molecule has 1 saturated heterocycles. The van der Waals surface area contributed by atoms with Crippen LogP contribution in [0, 0.1) is 0 Å². The van der Waals surface area contributed by atoms with E-state index >= 15 is 0 Å². The Bertz CT molecular complexity index is 349. The first-order chi connectivity index (χ1) is 9.32. The fraction of sp³-hybridized carbons (Fsp3) is 0.846. The summed E-state index contributed by atoms with van der Waals surface area (Å²) in [5.74, 6) is -1.07. The Labute approximate surface area is 119 Å². The number of carboxylic acids is 1. The molecule has 1 aliphatic heterocycles. The van der Waals surface area contributed by atoms with Gasteiger partial charge < -0.3 is 25.3 Å². The fourth-order valence-electron chi connectivity index (χ4n) is 2.16. The average Bonchev–Trinajstić information content (AvgIpc) is 2.76. The second-order valence-electron chi connectivity index (χ2n) is 5.56. The lowest BCUT2D eigenvalue weighted by Gasteiger charge is -2.23. The summed E-state index contributed by atoms with van der Waals surface area (Å²) in [7, 11) is 2.02. The number of aliphatic hydroxyl groups excluding tert-OH is 1. The molecule has 0 aromatic rings. The number of aliphatic carboxylic acids is 1. The zero-order valence-electron chi connectivity index (χ0n) is 12.4. The van der Waals surface area contributed by atoms with Crippen LogP contribution < -0.4 is 5.32 Å². The van der Waals surface area contributed by atoms with E-state index in [9.17, 15) is 14.7 Å². The van der Waals surface area contributed by atoms with E-state index in [0.717, 1.165) is 13.0 Å². The van der Waals surface area contributed by atoms with Crippen molar-refractivity contribution in [2.75, 3.05) is 26.7 Å². The summed E-state index contributed by atoms with van der Waals surface area (Å²) < 4.78 is 0. The molecule has 0 radical (unpaired) electrons. The third-order valence-electron chi connectivity index (χ3n) is 3.67. The highest BCUT2D eigenvalue weighted by Crippen LogP contribution is 2.17. The second kappa shape index (κ2) is 7.44. The molecule has 3 N–H and O–H groups in total. The highest BCUT2D eigenvalue weighted by atomic mass is 16.4. The average molecular weight is 287 g/mol. The first-order valence-electron chi connectivity index (χ1n) is 6.98. The minimum Gasteiger partial charge on any atom is -0.480 e. The van der Waals surface area contributed by atoms with Crippen molar-refractivity contribution in [3.05, 3.63) is 0 Å². The number of hydrogen-bond acceptors (Lipinski definition) is 4. The lowest BCUT2D eigenvalue weighted by Crippen LogP contribution is -2.46. The van der Waals surface area contributed by atoms with E-state index in [1.54, 1.807) is 0 Å². The van der Waals surface area contributed by atoms with Gasteiger partial charge in [0, 0.05) is 25.6 Å². The highest BCUT2D eigenvalue weighted by Gasteiger charge is 2.38. The predicted octanol–water partition coefficient (Wildman–Crippen LogP) is -0.0539. The first-order valence-corrected chi connectivity index (χ1v) is 6.98. The number of aliphatic hydroxyl groups is 1. The summed E-state index contributed by atoms with van der Waals surface area (Å²) in [6.45, 7) is 5.63. The molecule has 2 atom stereocenters. The van der Waals surface area contributed by atoms with Crippen molar-refractivity contribution in [3.63, 3.8) is 0 Å². The number of β-amino-alcohol motifs (C(OH)–C–C–N with tert-alkyl or cyclic N) is 1. The minimum absolute atomic E-state index is 0.0781. The maximum atomic E-state index is 11.9. The molecule has 20 heavy (non-hydrogen) atoms. The SMILES string of the molecule is CC(C)N(C)CCCNC(=O)N1C[C@H](O)C[C@H]1C(=O)O. The molecular weight excluding hydrogens is 262 g/mol. The molecule has 0 aromatic heterocycles. The van der Waals surface area contributed by atoms with Crippen LogP contribution in [0.1, 0.15) is 26.7 Å². The zero-order valence-corrected chi connectivity index (χ0v) is 12.4. The molecule has 0 unspecified atom stereocenters. The van der Waals surface area contributed by atoms with Crippen molar-refractivity contribution in [3.8, 4) is 0 Å². The number of nitrogens with one attached hydrogen (secondary N) is 1. The van der Waals surface area contributed by atoms with Crippen LogP contribution in [0.4, 0.5) is 4.79 Å². The third kappa shape index (κ3) is 4.64. The molecule has 0 spiro atoms. The molecule has 1 heterocycles. The molecular formula is C13H25N3O4. The van der Waals surface area contributed by atoms with Crippen LogP contribution >= 0.6 is 0 Å². The van der Waals surface area contributed by atoms with Gasteiger partial charge in [0.15, 0.2) is 0 Å². The molecule has 1 fully saturated rings. The van der Waals surface area contributed by atoms with Crippen molar-refractivity contribution in [2.24, 2.45) is 0 Å². The van der Waals surface area contributed by atoms with Gasteiger partial charge in [0.2, 0.25) is 0 Å². The van der Waals surface area contributed by atoms with Crippen LogP contribution in [-0.2, 0) is 4.79 Å². The van der Waals surface area contributed by atoms with E-state index < -0.39 is 24.1 Å². The largest absolute Gasteiger partial charge is 0.480 e.